The Kier molecular flexibility index (Phi) is 4.12. The first-order valence-corrected chi connectivity index (χ1v) is 7.06. The summed E-state index contributed by atoms with van der Waals surface area (Å²) in [5.74, 6) is -0.243. The van der Waals surface area contributed by atoms with Crippen LogP contribution in [0.25, 0.3) is 0 Å². The van der Waals surface area contributed by atoms with Gasteiger partial charge in [0.05, 0.1) is 5.92 Å². The van der Waals surface area contributed by atoms with Gasteiger partial charge in [-0.1, -0.05) is 17.7 Å². The first-order chi connectivity index (χ1) is 9.38. The van der Waals surface area contributed by atoms with E-state index >= 15 is 0 Å². The topological polar surface area (TPSA) is 49.4 Å². The minimum Gasteiger partial charge on any atom is -0.354 e. The fourth-order valence-electron chi connectivity index (χ4n) is 2.63. The first kappa shape index (κ1) is 14.6. The Bertz CT molecular complexity index is 537. The Labute approximate surface area is 120 Å². The quantitative estimate of drug-likeness (QED) is 0.918. The van der Waals surface area contributed by atoms with Crippen molar-refractivity contribution in [2.24, 2.45) is 5.92 Å². The molecule has 0 radical (unpaired) electrons. The molecule has 4 nitrogen and oxygen atoms in total. The third-order valence-corrected chi connectivity index (χ3v) is 3.57. The average molecular weight is 274 g/mol. The zero-order valence-electron chi connectivity index (χ0n) is 12.6. The second-order valence-electron chi connectivity index (χ2n) is 5.86. The molecule has 4 heteroatoms. The molecule has 0 aliphatic carbocycles. The lowest BCUT2D eigenvalue weighted by Crippen LogP contribution is -2.37. The van der Waals surface area contributed by atoms with E-state index < -0.39 is 0 Å². The van der Waals surface area contributed by atoms with Crippen LogP contribution in [0.5, 0.6) is 0 Å². The second-order valence-corrected chi connectivity index (χ2v) is 5.86. The molecule has 1 heterocycles. The zero-order valence-corrected chi connectivity index (χ0v) is 12.6. The Hall–Kier alpha value is -1.84. The van der Waals surface area contributed by atoms with Crippen LogP contribution in [0.1, 0.15) is 31.4 Å². The van der Waals surface area contributed by atoms with Crippen LogP contribution in [0.15, 0.2) is 18.2 Å². The van der Waals surface area contributed by atoms with Crippen LogP contribution in [0, 0.1) is 19.8 Å². The van der Waals surface area contributed by atoms with Crippen LogP contribution in [-0.4, -0.2) is 24.4 Å². The molecule has 1 aliphatic heterocycles. The van der Waals surface area contributed by atoms with Gasteiger partial charge < -0.3 is 10.2 Å². The molecular formula is C16H22N2O2. The van der Waals surface area contributed by atoms with Crippen molar-refractivity contribution in [2.75, 3.05) is 11.4 Å². The highest BCUT2D eigenvalue weighted by atomic mass is 16.2. The first-order valence-electron chi connectivity index (χ1n) is 7.06. The summed E-state index contributed by atoms with van der Waals surface area (Å²) in [7, 11) is 0. The molecule has 1 fully saturated rings. The molecule has 1 unspecified atom stereocenters. The van der Waals surface area contributed by atoms with Crippen molar-refractivity contribution in [3.8, 4) is 0 Å². The van der Waals surface area contributed by atoms with Gasteiger partial charge in [0.1, 0.15) is 0 Å². The summed E-state index contributed by atoms with van der Waals surface area (Å²) in [5, 5.41) is 2.88. The zero-order chi connectivity index (χ0) is 14.9. The van der Waals surface area contributed by atoms with Gasteiger partial charge in [-0.15, -0.1) is 0 Å². The van der Waals surface area contributed by atoms with Gasteiger partial charge in [0.25, 0.3) is 0 Å². The van der Waals surface area contributed by atoms with Crippen LogP contribution in [0.2, 0.25) is 0 Å². The number of carbonyl (C=O) groups excluding carboxylic acids is 2. The highest BCUT2D eigenvalue weighted by Gasteiger charge is 2.35. The number of rotatable bonds is 3. The summed E-state index contributed by atoms with van der Waals surface area (Å²) < 4.78 is 0. The summed E-state index contributed by atoms with van der Waals surface area (Å²) in [5.41, 5.74) is 3.16. The number of nitrogens with one attached hydrogen (secondary N) is 1. The lowest BCUT2D eigenvalue weighted by Gasteiger charge is -2.19. The summed E-state index contributed by atoms with van der Waals surface area (Å²) in [4.78, 5) is 25.9. The maximum absolute atomic E-state index is 12.2. The highest BCUT2D eigenvalue weighted by Crippen LogP contribution is 2.28. The van der Waals surface area contributed by atoms with Crippen molar-refractivity contribution in [3.05, 3.63) is 29.3 Å². The van der Waals surface area contributed by atoms with Crippen LogP contribution in [-0.2, 0) is 9.59 Å². The van der Waals surface area contributed by atoms with E-state index in [0.29, 0.717) is 13.0 Å². The molecular weight excluding hydrogens is 252 g/mol. The summed E-state index contributed by atoms with van der Waals surface area (Å²) in [6.07, 6.45) is 0.297. The van der Waals surface area contributed by atoms with E-state index in [1.165, 1.54) is 5.56 Å². The van der Waals surface area contributed by atoms with E-state index in [-0.39, 0.29) is 23.8 Å². The SMILES string of the molecule is Cc1ccc(N2CC(C(=O)NC(C)C)CC2=O)c(C)c1. The molecule has 2 amide bonds. The predicted molar refractivity (Wildman–Crippen MR) is 79.7 cm³/mol. The van der Waals surface area contributed by atoms with Crippen molar-refractivity contribution < 1.29 is 9.59 Å². The van der Waals surface area contributed by atoms with Crippen molar-refractivity contribution >= 4 is 17.5 Å². The maximum Gasteiger partial charge on any atom is 0.227 e. The lowest BCUT2D eigenvalue weighted by molar-refractivity contribution is -0.126. The van der Waals surface area contributed by atoms with Gasteiger partial charge in [-0.3, -0.25) is 9.59 Å². The Morgan fingerprint density at radius 1 is 1.35 bits per heavy atom. The number of anilines is 1. The predicted octanol–water partition coefficient (Wildman–Crippen LogP) is 2.18. The molecule has 20 heavy (non-hydrogen) atoms. The highest BCUT2D eigenvalue weighted by molar-refractivity contribution is 6.00. The second kappa shape index (κ2) is 5.65. The monoisotopic (exact) mass is 274 g/mol. The van der Waals surface area contributed by atoms with Crippen molar-refractivity contribution in [2.45, 2.75) is 40.2 Å². The number of hydrogen-bond acceptors (Lipinski definition) is 2. The molecule has 1 N–H and O–H groups in total. The van der Waals surface area contributed by atoms with Gasteiger partial charge in [0.15, 0.2) is 0 Å². The van der Waals surface area contributed by atoms with E-state index in [9.17, 15) is 9.59 Å². The molecule has 1 aliphatic rings. The molecule has 0 saturated carbocycles. The van der Waals surface area contributed by atoms with Gasteiger partial charge in [-0.2, -0.15) is 0 Å². The van der Waals surface area contributed by atoms with E-state index in [1.807, 2.05) is 39.8 Å². The molecule has 1 saturated heterocycles. The van der Waals surface area contributed by atoms with Crippen molar-refractivity contribution in [1.82, 2.24) is 5.32 Å². The number of nitrogens with zero attached hydrogens (tertiary/aromatic N) is 1. The molecule has 1 aromatic rings. The third-order valence-electron chi connectivity index (χ3n) is 3.57. The van der Waals surface area contributed by atoms with Crippen LogP contribution >= 0.6 is 0 Å². The molecule has 0 bridgehead atoms. The summed E-state index contributed by atoms with van der Waals surface area (Å²) >= 11 is 0. The van der Waals surface area contributed by atoms with E-state index in [2.05, 4.69) is 11.4 Å². The van der Waals surface area contributed by atoms with Crippen LogP contribution < -0.4 is 10.2 Å². The van der Waals surface area contributed by atoms with Gasteiger partial charge >= 0.3 is 0 Å². The normalized spacial score (nSPS) is 18.8. The smallest absolute Gasteiger partial charge is 0.227 e. The summed E-state index contributed by atoms with van der Waals surface area (Å²) in [6, 6.07) is 6.12. The van der Waals surface area contributed by atoms with Crippen LogP contribution in [0.4, 0.5) is 5.69 Å². The third kappa shape index (κ3) is 3.00. The standard InChI is InChI=1S/C16H22N2O2/c1-10(2)17-16(20)13-8-15(19)18(9-13)14-6-5-11(3)7-12(14)4/h5-7,10,13H,8-9H2,1-4H3,(H,17,20). The summed E-state index contributed by atoms with van der Waals surface area (Å²) in [6.45, 7) is 8.35. The number of carbonyl (C=O) groups is 2. The van der Waals surface area contributed by atoms with Gasteiger partial charge in [-0.05, 0) is 39.3 Å². The van der Waals surface area contributed by atoms with Gasteiger partial charge in [0, 0.05) is 24.7 Å². The van der Waals surface area contributed by atoms with Crippen LogP contribution in [0.3, 0.4) is 0 Å². The van der Waals surface area contributed by atoms with Crippen molar-refractivity contribution in [1.29, 1.82) is 0 Å². The molecule has 1 aromatic carbocycles. The van der Waals surface area contributed by atoms with E-state index in [1.54, 1.807) is 4.90 Å². The van der Waals surface area contributed by atoms with E-state index in [4.69, 9.17) is 0 Å². The fraction of sp³-hybridized carbons (Fsp3) is 0.500. The number of hydrogen-bond donors (Lipinski definition) is 1. The molecule has 108 valence electrons. The molecule has 1 atom stereocenters. The molecule has 0 aromatic heterocycles. The Balaban J connectivity index is 2.15. The minimum atomic E-state index is -0.245. The van der Waals surface area contributed by atoms with Gasteiger partial charge in [0.2, 0.25) is 11.8 Å². The van der Waals surface area contributed by atoms with Gasteiger partial charge in [-0.25, -0.2) is 0 Å². The number of benzene rings is 1. The molecule has 0 spiro atoms. The number of aryl methyl sites for hydroxylation is 2. The Morgan fingerprint density at radius 3 is 2.65 bits per heavy atom. The molecule has 2 rings (SSSR count). The average Bonchev–Trinajstić information content (AvgIpc) is 2.70. The fourth-order valence-corrected chi connectivity index (χ4v) is 2.63. The Morgan fingerprint density at radius 2 is 2.05 bits per heavy atom. The lowest BCUT2D eigenvalue weighted by atomic mass is 10.1. The maximum atomic E-state index is 12.2. The largest absolute Gasteiger partial charge is 0.354 e. The van der Waals surface area contributed by atoms with E-state index in [0.717, 1.165) is 11.3 Å². The van der Waals surface area contributed by atoms with Crippen molar-refractivity contribution in [3.63, 3.8) is 0 Å². The minimum absolute atomic E-state index is 0.0272. The number of amides is 2.